The van der Waals surface area contributed by atoms with Gasteiger partial charge in [0.15, 0.2) is 5.37 Å². The second-order valence-electron chi connectivity index (χ2n) is 5.90. The number of alkyl carbamates (subject to hydrolysis) is 1. The maximum absolute atomic E-state index is 12.9. The van der Waals surface area contributed by atoms with Crippen LogP contribution in [0.15, 0.2) is 52.7 Å². The normalized spacial score (nSPS) is 13.3. The molecular formula is C16H19NO4S2. The summed E-state index contributed by atoms with van der Waals surface area (Å²) in [5.41, 5.74) is -0.708. The summed E-state index contributed by atoms with van der Waals surface area (Å²) in [6.07, 6.45) is -0.768. The highest BCUT2D eigenvalue weighted by Gasteiger charge is 2.32. The SMILES string of the molecule is CC(C)(C)OC(=O)N[C@@H](c1cccs1)S(=O)(=O)c1ccccc1. The van der Waals surface area contributed by atoms with Crippen molar-refractivity contribution in [2.45, 2.75) is 36.6 Å². The van der Waals surface area contributed by atoms with Gasteiger partial charge in [-0.1, -0.05) is 24.3 Å². The molecule has 0 aliphatic rings. The Kier molecular flexibility index (Phi) is 5.11. The molecule has 124 valence electrons. The Bertz CT molecular complexity index is 747. The Hall–Kier alpha value is -1.86. The molecule has 7 heteroatoms. The molecule has 5 nitrogen and oxygen atoms in total. The lowest BCUT2D eigenvalue weighted by Crippen LogP contribution is -2.37. The Balaban J connectivity index is 2.35. The number of sulfone groups is 1. The van der Waals surface area contributed by atoms with Crippen molar-refractivity contribution in [1.29, 1.82) is 0 Å². The third-order valence-corrected chi connectivity index (χ3v) is 5.84. The highest BCUT2D eigenvalue weighted by atomic mass is 32.2. The lowest BCUT2D eigenvalue weighted by molar-refractivity contribution is 0.0520. The molecule has 0 bridgehead atoms. The zero-order valence-corrected chi connectivity index (χ0v) is 14.8. The van der Waals surface area contributed by atoms with Gasteiger partial charge in [-0.15, -0.1) is 11.3 Å². The number of benzene rings is 1. The molecule has 0 fully saturated rings. The van der Waals surface area contributed by atoms with Gasteiger partial charge in [0, 0.05) is 4.88 Å². The lowest BCUT2D eigenvalue weighted by atomic mass is 10.2. The van der Waals surface area contributed by atoms with Crippen molar-refractivity contribution in [3.8, 4) is 0 Å². The maximum atomic E-state index is 12.9. The molecule has 1 atom stereocenters. The number of ether oxygens (including phenoxy) is 1. The van der Waals surface area contributed by atoms with Gasteiger partial charge in [0.2, 0.25) is 9.84 Å². The molecule has 1 N–H and O–H groups in total. The number of carbonyl (C=O) groups excluding carboxylic acids is 1. The van der Waals surface area contributed by atoms with Gasteiger partial charge in [-0.2, -0.15) is 0 Å². The Morgan fingerprint density at radius 1 is 1.13 bits per heavy atom. The van der Waals surface area contributed by atoms with Crippen LogP contribution in [0.2, 0.25) is 0 Å². The van der Waals surface area contributed by atoms with E-state index in [1.165, 1.54) is 23.5 Å². The zero-order chi connectivity index (χ0) is 17.1. The van der Waals surface area contributed by atoms with Crippen molar-refractivity contribution >= 4 is 27.3 Å². The zero-order valence-electron chi connectivity index (χ0n) is 13.1. The molecule has 2 rings (SSSR count). The molecule has 0 aliphatic heterocycles. The van der Waals surface area contributed by atoms with Gasteiger partial charge < -0.3 is 4.74 Å². The molecule has 0 aliphatic carbocycles. The van der Waals surface area contributed by atoms with Crippen LogP contribution in [0.3, 0.4) is 0 Å². The molecular weight excluding hydrogens is 334 g/mol. The average Bonchev–Trinajstić information content (AvgIpc) is 2.97. The molecule has 1 aromatic heterocycles. The highest BCUT2D eigenvalue weighted by molar-refractivity contribution is 7.91. The molecule has 0 unspecified atom stereocenters. The van der Waals surface area contributed by atoms with Gasteiger partial charge in [0.05, 0.1) is 4.90 Å². The monoisotopic (exact) mass is 353 g/mol. The predicted octanol–water partition coefficient (Wildman–Crippen LogP) is 3.75. The third-order valence-electron chi connectivity index (χ3n) is 2.83. The number of thiophene rings is 1. The van der Waals surface area contributed by atoms with E-state index in [-0.39, 0.29) is 4.90 Å². The van der Waals surface area contributed by atoms with Crippen molar-refractivity contribution in [2.24, 2.45) is 0 Å². The second kappa shape index (κ2) is 6.72. The maximum Gasteiger partial charge on any atom is 0.408 e. The average molecular weight is 353 g/mol. The van der Waals surface area contributed by atoms with Crippen LogP contribution in [0.5, 0.6) is 0 Å². The smallest absolute Gasteiger partial charge is 0.408 e. The number of carbonyl (C=O) groups is 1. The quantitative estimate of drug-likeness (QED) is 0.909. The van der Waals surface area contributed by atoms with Crippen LogP contribution in [0.1, 0.15) is 31.0 Å². The van der Waals surface area contributed by atoms with E-state index < -0.39 is 26.9 Å². The Labute approximate surface area is 140 Å². The summed E-state index contributed by atoms with van der Waals surface area (Å²) < 4.78 is 30.9. The fourth-order valence-corrected chi connectivity index (χ4v) is 4.55. The number of amides is 1. The second-order valence-corrected chi connectivity index (χ2v) is 8.91. The van der Waals surface area contributed by atoms with Gasteiger partial charge in [-0.3, -0.25) is 5.32 Å². The van der Waals surface area contributed by atoms with E-state index in [1.807, 2.05) is 0 Å². The fraction of sp³-hybridized carbons (Fsp3) is 0.312. The van der Waals surface area contributed by atoms with Gasteiger partial charge >= 0.3 is 6.09 Å². The Morgan fingerprint density at radius 3 is 2.30 bits per heavy atom. The minimum absolute atomic E-state index is 0.148. The standard InChI is InChI=1S/C16H19NO4S2/c1-16(2,3)21-15(18)17-14(13-10-7-11-22-13)23(19,20)12-8-5-4-6-9-12/h4-11,14H,1-3H3,(H,17,18)/t14-/m1/s1. The molecule has 0 spiro atoms. The van der Waals surface area contributed by atoms with E-state index in [2.05, 4.69) is 5.32 Å². The van der Waals surface area contributed by atoms with Crippen molar-refractivity contribution < 1.29 is 17.9 Å². The highest BCUT2D eigenvalue weighted by Crippen LogP contribution is 2.30. The van der Waals surface area contributed by atoms with E-state index >= 15 is 0 Å². The predicted molar refractivity (Wildman–Crippen MR) is 90.1 cm³/mol. The minimum atomic E-state index is -3.78. The summed E-state index contributed by atoms with van der Waals surface area (Å²) >= 11 is 1.26. The molecule has 23 heavy (non-hydrogen) atoms. The fourth-order valence-electron chi connectivity index (χ4n) is 1.90. The van der Waals surface area contributed by atoms with Crippen LogP contribution in [-0.2, 0) is 14.6 Å². The van der Waals surface area contributed by atoms with E-state index in [0.29, 0.717) is 4.88 Å². The van der Waals surface area contributed by atoms with E-state index in [9.17, 15) is 13.2 Å². The van der Waals surface area contributed by atoms with Crippen LogP contribution in [0.25, 0.3) is 0 Å². The first kappa shape index (κ1) is 17.5. The van der Waals surface area contributed by atoms with Gasteiger partial charge in [0.25, 0.3) is 0 Å². The molecule has 0 saturated carbocycles. The Morgan fingerprint density at radius 2 is 1.78 bits per heavy atom. The topological polar surface area (TPSA) is 72.5 Å². The van der Waals surface area contributed by atoms with Crippen LogP contribution >= 0.6 is 11.3 Å². The molecule has 1 amide bonds. The van der Waals surface area contributed by atoms with Crippen LogP contribution < -0.4 is 5.32 Å². The van der Waals surface area contributed by atoms with Crippen LogP contribution in [0.4, 0.5) is 4.79 Å². The summed E-state index contributed by atoms with van der Waals surface area (Å²) in [4.78, 5) is 12.7. The van der Waals surface area contributed by atoms with Crippen molar-refractivity contribution in [3.63, 3.8) is 0 Å². The lowest BCUT2D eigenvalue weighted by Gasteiger charge is -2.23. The van der Waals surface area contributed by atoms with Gasteiger partial charge in [-0.05, 0) is 44.4 Å². The van der Waals surface area contributed by atoms with Crippen LogP contribution in [0, 0.1) is 0 Å². The van der Waals surface area contributed by atoms with E-state index in [4.69, 9.17) is 4.74 Å². The van der Waals surface area contributed by atoms with E-state index in [1.54, 1.807) is 56.5 Å². The third kappa shape index (κ3) is 4.56. The summed E-state index contributed by atoms with van der Waals surface area (Å²) in [5.74, 6) is 0. The largest absolute Gasteiger partial charge is 0.444 e. The molecule has 0 radical (unpaired) electrons. The number of rotatable bonds is 4. The summed E-state index contributed by atoms with van der Waals surface area (Å²) in [7, 11) is -3.78. The van der Waals surface area contributed by atoms with Gasteiger partial charge in [-0.25, -0.2) is 13.2 Å². The minimum Gasteiger partial charge on any atom is -0.444 e. The number of hydrogen-bond donors (Lipinski definition) is 1. The first-order valence-corrected chi connectivity index (χ1v) is 9.44. The molecule has 0 saturated heterocycles. The molecule has 2 aromatic rings. The van der Waals surface area contributed by atoms with Gasteiger partial charge in [0.1, 0.15) is 5.60 Å². The summed E-state index contributed by atoms with van der Waals surface area (Å²) in [6.45, 7) is 5.16. The molecule has 1 heterocycles. The summed E-state index contributed by atoms with van der Waals surface area (Å²) in [5, 5.41) is 3.06. The number of nitrogens with one attached hydrogen (secondary N) is 1. The van der Waals surface area contributed by atoms with Crippen molar-refractivity contribution in [2.75, 3.05) is 0 Å². The molecule has 1 aromatic carbocycles. The number of hydrogen-bond acceptors (Lipinski definition) is 5. The first-order valence-electron chi connectivity index (χ1n) is 7.02. The van der Waals surface area contributed by atoms with E-state index in [0.717, 1.165) is 0 Å². The van der Waals surface area contributed by atoms with Crippen molar-refractivity contribution in [3.05, 3.63) is 52.7 Å². The summed E-state index contributed by atoms with van der Waals surface area (Å²) in [6, 6.07) is 11.5. The first-order chi connectivity index (χ1) is 10.7. The van der Waals surface area contributed by atoms with Crippen molar-refractivity contribution in [1.82, 2.24) is 5.32 Å². The van der Waals surface area contributed by atoms with Crippen LogP contribution in [-0.4, -0.2) is 20.1 Å².